The molecule has 0 radical (unpaired) electrons. The second-order valence-electron chi connectivity index (χ2n) is 4.59. The summed E-state index contributed by atoms with van der Waals surface area (Å²) < 4.78 is 15.0. The van der Waals surface area contributed by atoms with Gasteiger partial charge >= 0.3 is 0 Å². The molecule has 4 heteroatoms. The molecule has 0 aliphatic carbocycles. The summed E-state index contributed by atoms with van der Waals surface area (Å²) in [7, 11) is 1.83. The molecule has 0 fully saturated rings. The Morgan fingerprint density at radius 2 is 1.89 bits per heavy atom. The van der Waals surface area contributed by atoms with E-state index in [0.29, 0.717) is 5.56 Å². The van der Waals surface area contributed by atoms with Crippen LogP contribution in [0.15, 0.2) is 35.1 Å². The first-order valence-corrected chi connectivity index (χ1v) is 6.87. The van der Waals surface area contributed by atoms with Crippen LogP contribution in [0.2, 0.25) is 0 Å². The molecule has 1 unspecified atom stereocenters. The molecule has 0 spiro atoms. The van der Waals surface area contributed by atoms with Gasteiger partial charge in [-0.3, -0.25) is 4.98 Å². The van der Waals surface area contributed by atoms with E-state index in [1.807, 2.05) is 20.9 Å². The maximum atomic E-state index is 13.9. The lowest BCUT2D eigenvalue weighted by Gasteiger charge is -2.19. The SMILES string of the molecule is CNC(c1cc(C)c(Br)c(C)c1)c1ccncc1F. The predicted molar refractivity (Wildman–Crippen MR) is 78.7 cm³/mol. The molecule has 0 aliphatic heterocycles. The standard InChI is InChI=1S/C15H16BrFN2/c1-9-6-11(7-10(2)14(9)16)15(18-3)12-4-5-19-8-13(12)17/h4-8,15,18H,1-3H3. The normalized spacial score (nSPS) is 12.5. The number of aromatic nitrogens is 1. The van der Waals surface area contributed by atoms with Crippen LogP contribution in [-0.2, 0) is 0 Å². The molecule has 1 atom stereocenters. The van der Waals surface area contributed by atoms with Gasteiger partial charge in [-0.05, 0) is 43.7 Å². The molecule has 0 saturated carbocycles. The van der Waals surface area contributed by atoms with Gasteiger partial charge in [-0.15, -0.1) is 0 Å². The van der Waals surface area contributed by atoms with Gasteiger partial charge in [0.2, 0.25) is 0 Å². The minimum atomic E-state index is -0.292. The van der Waals surface area contributed by atoms with Crippen LogP contribution in [0.4, 0.5) is 4.39 Å². The van der Waals surface area contributed by atoms with Crippen LogP contribution in [0.5, 0.6) is 0 Å². The van der Waals surface area contributed by atoms with Crippen molar-refractivity contribution >= 4 is 15.9 Å². The molecule has 2 nitrogen and oxygen atoms in total. The highest BCUT2D eigenvalue weighted by atomic mass is 79.9. The van der Waals surface area contributed by atoms with Gasteiger partial charge in [0.1, 0.15) is 5.82 Å². The van der Waals surface area contributed by atoms with Gasteiger partial charge in [-0.1, -0.05) is 28.1 Å². The molecule has 19 heavy (non-hydrogen) atoms. The summed E-state index contributed by atoms with van der Waals surface area (Å²) in [6.45, 7) is 4.08. The zero-order valence-electron chi connectivity index (χ0n) is 11.2. The van der Waals surface area contributed by atoms with Gasteiger partial charge in [-0.25, -0.2) is 4.39 Å². The lowest BCUT2D eigenvalue weighted by atomic mass is 9.96. The topological polar surface area (TPSA) is 24.9 Å². The van der Waals surface area contributed by atoms with Gasteiger partial charge < -0.3 is 5.32 Å². The Bertz CT molecular complexity index is 575. The minimum Gasteiger partial charge on any atom is -0.309 e. The van der Waals surface area contributed by atoms with Crippen molar-refractivity contribution in [2.75, 3.05) is 7.05 Å². The minimum absolute atomic E-state index is 0.173. The Morgan fingerprint density at radius 3 is 2.42 bits per heavy atom. The summed E-state index contributed by atoms with van der Waals surface area (Å²) in [6, 6.07) is 5.67. The second-order valence-corrected chi connectivity index (χ2v) is 5.38. The van der Waals surface area contributed by atoms with Crippen molar-refractivity contribution in [3.63, 3.8) is 0 Å². The fourth-order valence-corrected chi connectivity index (χ4v) is 2.50. The molecule has 1 heterocycles. The van der Waals surface area contributed by atoms with E-state index in [2.05, 4.69) is 38.4 Å². The Balaban J connectivity index is 2.52. The van der Waals surface area contributed by atoms with Crippen LogP contribution in [0.3, 0.4) is 0 Å². The molecule has 100 valence electrons. The maximum Gasteiger partial charge on any atom is 0.146 e. The summed E-state index contributed by atoms with van der Waals surface area (Å²) in [4.78, 5) is 3.79. The van der Waals surface area contributed by atoms with Crippen LogP contribution in [0.1, 0.15) is 28.3 Å². The van der Waals surface area contributed by atoms with Gasteiger partial charge in [0.25, 0.3) is 0 Å². The molecule has 2 aromatic rings. The number of nitrogens with zero attached hydrogens (tertiary/aromatic N) is 1. The summed E-state index contributed by atoms with van der Waals surface area (Å²) >= 11 is 3.55. The third kappa shape index (κ3) is 2.85. The third-order valence-electron chi connectivity index (χ3n) is 3.20. The quantitative estimate of drug-likeness (QED) is 0.926. The van der Waals surface area contributed by atoms with Gasteiger partial charge in [-0.2, -0.15) is 0 Å². The molecule has 0 bridgehead atoms. The predicted octanol–water partition coefficient (Wildman–Crippen LogP) is 3.91. The van der Waals surface area contributed by atoms with Gasteiger partial charge in [0.15, 0.2) is 0 Å². The summed E-state index contributed by atoms with van der Waals surface area (Å²) in [5.74, 6) is -0.292. The zero-order valence-corrected chi connectivity index (χ0v) is 12.8. The van der Waals surface area contributed by atoms with E-state index in [0.717, 1.165) is 21.2 Å². The van der Waals surface area contributed by atoms with Gasteiger partial charge in [0, 0.05) is 16.2 Å². The average molecular weight is 323 g/mol. The number of hydrogen-bond acceptors (Lipinski definition) is 2. The Labute approximate surface area is 121 Å². The fraction of sp³-hybridized carbons (Fsp3) is 0.267. The van der Waals surface area contributed by atoms with Crippen molar-refractivity contribution in [1.29, 1.82) is 0 Å². The molecule has 0 amide bonds. The van der Waals surface area contributed by atoms with Crippen LogP contribution in [-0.4, -0.2) is 12.0 Å². The van der Waals surface area contributed by atoms with Crippen molar-refractivity contribution in [1.82, 2.24) is 10.3 Å². The molecular weight excluding hydrogens is 307 g/mol. The van der Waals surface area contributed by atoms with Crippen LogP contribution in [0.25, 0.3) is 0 Å². The van der Waals surface area contributed by atoms with Crippen molar-refractivity contribution in [2.24, 2.45) is 0 Å². The van der Waals surface area contributed by atoms with E-state index in [9.17, 15) is 4.39 Å². The monoisotopic (exact) mass is 322 g/mol. The number of hydrogen-bond donors (Lipinski definition) is 1. The Hall–Kier alpha value is -1.26. The van der Waals surface area contributed by atoms with Crippen molar-refractivity contribution in [3.05, 3.63) is 63.1 Å². The third-order valence-corrected chi connectivity index (χ3v) is 4.45. The average Bonchev–Trinajstić information content (AvgIpc) is 2.39. The smallest absolute Gasteiger partial charge is 0.146 e. The number of nitrogens with one attached hydrogen (secondary N) is 1. The van der Waals surface area contributed by atoms with E-state index in [1.54, 1.807) is 12.3 Å². The highest BCUT2D eigenvalue weighted by molar-refractivity contribution is 9.10. The van der Waals surface area contributed by atoms with E-state index in [-0.39, 0.29) is 11.9 Å². The lowest BCUT2D eigenvalue weighted by molar-refractivity contribution is 0.570. The molecule has 1 aromatic carbocycles. The Kier molecular flexibility index (Phi) is 4.32. The number of rotatable bonds is 3. The molecule has 0 saturated heterocycles. The summed E-state index contributed by atoms with van der Waals surface area (Å²) in [6.07, 6.45) is 2.86. The first-order valence-electron chi connectivity index (χ1n) is 6.08. The van der Waals surface area contributed by atoms with Crippen molar-refractivity contribution < 1.29 is 4.39 Å². The Morgan fingerprint density at radius 1 is 1.26 bits per heavy atom. The lowest BCUT2D eigenvalue weighted by Crippen LogP contribution is -2.19. The van der Waals surface area contributed by atoms with Crippen molar-refractivity contribution in [3.8, 4) is 0 Å². The highest BCUT2D eigenvalue weighted by Crippen LogP contribution is 2.29. The number of aryl methyl sites for hydroxylation is 2. The number of pyridine rings is 1. The summed E-state index contributed by atoms with van der Waals surface area (Å²) in [5, 5.41) is 3.17. The zero-order chi connectivity index (χ0) is 14.0. The number of halogens is 2. The van der Waals surface area contributed by atoms with E-state index in [1.165, 1.54) is 6.20 Å². The first kappa shape index (κ1) is 14.2. The van der Waals surface area contributed by atoms with E-state index >= 15 is 0 Å². The van der Waals surface area contributed by atoms with E-state index < -0.39 is 0 Å². The maximum absolute atomic E-state index is 13.9. The van der Waals surface area contributed by atoms with Gasteiger partial charge in [0.05, 0.1) is 12.2 Å². The largest absolute Gasteiger partial charge is 0.309 e. The number of benzene rings is 1. The highest BCUT2D eigenvalue weighted by Gasteiger charge is 2.17. The van der Waals surface area contributed by atoms with Crippen LogP contribution < -0.4 is 5.32 Å². The molecule has 1 aromatic heterocycles. The van der Waals surface area contributed by atoms with Crippen molar-refractivity contribution in [2.45, 2.75) is 19.9 Å². The fourth-order valence-electron chi connectivity index (χ4n) is 2.27. The first-order chi connectivity index (χ1) is 9.04. The molecular formula is C15H16BrFN2. The molecule has 2 rings (SSSR count). The molecule has 0 aliphatic rings. The molecule has 1 N–H and O–H groups in total. The summed E-state index contributed by atoms with van der Waals surface area (Å²) in [5.41, 5.74) is 3.94. The van der Waals surface area contributed by atoms with E-state index in [4.69, 9.17) is 0 Å². The second kappa shape index (κ2) is 5.80. The van der Waals surface area contributed by atoms with Crippen LogP contribution >= 0.6 is 15.9 Å². The van der Waals surface area contributed by atoms with Crippen LogP contribution in [0, 0.1) is 19.7 Å².